The normalized spacial score (nSPS) is 11.2. The van der Waals surface area contributed by atoms with Crippen LogP contribution in [0, 0.1) is 13.8 Å². The monoisotopic (exact) mass is 530 g/mol. The van der Waals surface area contributed by atoms with Gasteiger partial charge in [0.05, 0.1) is 37.0 Å². The first-order chi connectivity index (χ1) is 19.4. The minimum Gasteiger partial charge on any atom is -0.497 e. The Hall–Kier alpha value is -4.84. The molecule has 0 atom stereocenters. The molecule has 6 aromatic rings. The third-order valence-corrected chi connectivity index (χ3v) is 7.88. The molecule has 6 rings (SSSR count). The van der Waals surface area contributed by atoms with E-state index >= 15 is 0 Å². The van der Waals surface area contributed by atoms with Gasteiger partial charge in [0.15, 0.2) is 0 Å². The summed E-state index contributed by atoms with van der Waals surface area (Å²) in [6.45, 7) is 4.45. The zero-order valence-electron chi connectivity index (χ0n) is 23.8. The zero-order valence-corrected chi connectivity index (χ0v) is 23.8. The molecule has 0 saturated heterocycles. The molecule has 0 aliphatic heterocycles. The summed E-state index contributed by atoms with van der Waals surface area (Å²) < 4.78 is 19.8. The second-order valence-electron chi connectivity index (χ2n) is 10.2. The SMILES string of the molecule is COc1ccc(-n2cc(-c3cn(-c4ccc(OC)cc4)c(-c4cccn4C)c3C)c(C)c2-c2cccn2C)cc1. The van der Waals surface area contributed by atoms with Crippen molar-refractivity contribution in [1.29, 1.82) is 0 Å². The van der Waals surface area contributed by atoms with Crippen LogP contribution in [0.4, 0.5) is 0 Å². The van der Waals surface area contributed by atoms with Gasteiger partial charge in [-0.2, -0.15) is 0 Å². The van der Waals surface area contributed by atoms with Crippen LogP contribution in [0.2, 0.25) is 0 Å². The van der Waals surface area contributed by atoms with Gasteiger partial charge >= 0.3 is 0 Å². The van der Waals surface area contributed by atoms with Crippen molar-refractivity contribution in [2.24, 2.45) is 14.1 Å². The van der Waals surface area contributed by atoms with Crippen LogP contribution in [0.15, 0.2) is 97.6 Å². The molecule has 0 bridgehead atoms. The standard InChI is InChI=1S/C34H34N4O2/c1-23-29(21-37(25-11-15-27(39-5)16-12-25)33(23)31-9-7-19-35(31)3)30-22-38(26-13-17-28(40-6)18-14-26)34(24(30)2)32-10-8-20-36(32)4/h7-22H,1-6H3. The fourth-order valence-electron chi connectivity index (χ4n) is 5.68. The number of aryl methyl sites for hydroxylation is 2. The van der Waals surface area contributed by atoms with E-state index < -0.39 is 0 Å². The fourth-order valence-corrected chi connectivity index (χ4v) is 5.68. The first-order valence-electron chi connectivity index (χ1n) is 13.4. The summed E-state index contributed by atoms with van der Waals surface area (Å²) in [7, 11) is 7.59. The first-order valence-corrected chi connectivity index (χ1v) is 13.4. The van der Waals surface area contributed by atoms with Crippen LogP contribution >= 0.6 is 0 Å². The van der Waals surface area contributed by atoms with Crippen molar-refractivity contribution >= 4 is 0 Å². The van der Waals surface area contributed by atoms with Gasteiger partial charge in [-0.05, 0) is 97.8 Å². The van der Waals surface area contributed by atoms with Crippen LogP contribution in [0.5, 0.6) is 11.5 Å². The Morgan fingerprint density at radius 1 is 0.525 bits per heavy atom. The lowest BCUT2D eigenvalue weighted by molar-refractivity contribution is 0.414. The molecule has 4 heterocycles. The predicted molar refractivity (Wildman–Crippen MR) is 162 cm³/mol. The molecule has 4 aromatic heterocycles. The Bertz CT molecular complexity index is 1660. The molecule has 2 aromatic carbocycles. The van der Waals surface area contributed by atoms with Crippen molar-refractivity contribution in [3.05, 3.63) is 109 Å². The van der Waals surface area contributed by atoms with E-state index in [0.29, 0.717) is 0 Å². The molecule has 0 N–H and O–H groups in total. The Morgan fingerprint density at radius 2 is 0.900 bits per heavy atom. The topological polar surface area (TPSA) is 38.2 Å². The third-order valence-electron chi connectivity index (χ3n) is 7.88. The van der Waals surface area contributed by atoms with Gasteiger partial charge in [-0.1, -0.05) is 0 Å². The smallest absolute Gasteiger partial charge is 0.119 e. The maximum Gasteiger partial charge on any atom is 0.119 e. The van der Waals surface area contributed by atoms with Gasteiger partial charge in [-0.25, -0.2) is 0 Å². The van der Waals surface area contributed by atoms with Crippen LogP contribution in [0.25, 0.3) is 45.3 Å². The molecular weight excluding hydrogens is 496 g/mol. The molecule has 0 aliphatic carbocycles. The van der Waals surface area contributed by atoms with Crippen molar-refractivity contribution in [2.45, 2.75) is 13.8 Å². The summed E-state index contributed by atoms with van der Waals surface area (Å²) in [6, 6.07) is 25.0. The minimum absolute atomic E-state index is 0.841. The summed E-state index contributed by atoms with van der Waals surface area (Å²) in [5.74, 6) is 1.68. The van der Waals surface area contributed by atoms with Crippen molar-refractivity contribution in [2.75, 3.05) is 14.2 Å². The summed E-state index contributed by atoms with van der Waals surface area (Å²) in [4.78, 5) is 0. The number of rotatable bonds is 7. The van der Waals surface area contributed by atoms with Gasteiger partial charge in [0.1, 0.15) is 11.5 Å². The van der Waals surface area contributed by atoms with Crippen LogP contribution in [-0.4, -0.2) is 32.5 Å². The molecule has 40 heavy (non-hydrogen) atoms. The lowest BCUT2D eigenvalue weighted by Crippen LogP contribution is -1.99. The van der Waals surface area contributed by atoms with Crippen molar-refractivity contribution in [3.8, 4) is 56.8 Å². The number of benzene rings is 2. The Kier molecular flexibility index (Phi) is 6.39. The van der Waals surface area contributed by atoms with Crippen LogP contribution < -0.4 is 9.47 Å². The zero-order chi connectivity index (χ0) is 28.0. The van der Waals surface area contributed by atoms with Crippen LogP contribution in [0.1, 0.15) is 11.1 Å². The van der Waals surface area contributed by atoms with Gasteiger partial charge in [0.25, 0.3) is 0 Å². The van der Waals surface area contributed by atoms with E-state index in [2.05, 4.69) is 120 Å². The molecule has 0 fully saturated rings. The molecule has 0 saturated carbocycles. The van der Waals surface area contributed by atoms with E-state index in [9.17, 15) is 0 Å². The van der Waals surface area contributed by atoms with Gasteiger partial charge < -0.3 is 27.7 Å². The molecule has 202 valence electrons. The van der Waals surface area contributed by atoms with E-state index in [0.717, 1.165) is 34.3 Å². The number of hydrogen-bond donors (Lipinski definition) is 0. The lowest BCUT2D eigenvalue weighted by atomic mass is 10.0. The summed E-state index contributed by atoms with van der Waals surface area (Å²) >= 11 is 0. The average Bonchev–Trinajstić information content (AvgIpc) is 3.75. The highest BCUT2D eigenvalue weighted by atomic mass is 16.5. The molecule has 0 unspecified atom stereocenters. The van der Waals surface area contributed by atoms with E-state index in [1.807, 2.05) is 24.3 Å². The quantitative estimate of drug-likeness (QED) is 0.213. The van der Waals surface area contributed by atoms with Crippen molar-refractivity contribution < 1.29 is 9.47 Å². The number of nitrogens with zero attached hydrogens (tertiary/aromatic N) is 4. The lowest BCUT2D eigenvalue weighted by Gasteiger charge is -2.12. The molecule has 6 heteroatoms. The van der Waals surface area contributed by atoms with Crippen LogP contribution in [0.3, 0.4) is 0 Å². The largest absolute Gasteiger partial charge is 0.497 e. The highest BCUT2D eigenvalue weighted by Crippen LogP contribution is 2.42. The van der Waals surface area contributed by atoms with Gasteiger partial charge in [-0.3, -0.25) is 0 Å². The summed E-state index contributed by atoms with van der Waals surface area (Å²) in [5.41, 5.74) is 11.7. The van der Waals surface area contributed by atoms with E-state index in [-0.39, 0.29) is 0 Å². The molecule has 0 amide bonds. The van der Waals surface area contributed by atoms with Gasteiger partial charge in [-0.15, -0.1) is 0 Å². The fraction of sp³-hybridized carbons (Fsp3) is 0.176. The number of methoxy groups -OCH3 is 2. The van der Waals surface area contributed by atoms with Crippen molar-refractivity contribution in [1.82, 2.24) is 18.3 Å². The molecule has 0 spiro atoms. The second kappa shape index (κ2) is 10.0. The Balaban J connectivity index is 1.60. The maximum absolute atomic E-state index is 5.43. The first kappa shape index (κ1) is 25.4. The molecule has 0 aliphatic rings. The Labute approximate surface area is 235 Å². The minimum atomic E-state index is 0.841. The average molecular weight is 531 g/mol. The molecule has 6 nitrogen and oxygen atoms in total. The van der Waals surface area contributed by atoms with E-state index in [4.69, 9.17) is 9.47 Å². The Morgan fingerprint density at radius 3 is 1.20 bits per heavy atom. The second-order valence-corrected chi connectivity index (χ2v) is 10.2. The number of ether oxygens (including phenoxy) is 2. The number of hydrogen-bond acceptors (Lipinski definition) is 2. The highest BCUT2D eigenvalue weighted by molar-refractivity contribution is 5.84. The summed E-state index contributed by atoms with van der Waals surface area (Å²) in [5, 5.41) is 0. The van der Waals surface area contributed by atoms with E-state index in [1.54, 1.807) is 14.2 Å². The maximum atomic E-state index is 5.43. The third kappa shape index (κ3) is 4.13. The van der Waals surface area contributed by atoms with Gasteiger partial charge in [0, 0.05) is 61.4 Å². The number of aromatic nitrogens is 4. The van der Waals surface area contributed by atoms with Gasteiger partial charge in [0.2, 0.25) is 0 Å². The molecule has 0 radical (unpaired) electrons. The van der Waals surface area contributed by atoms with Crippen molar-refractivity contribution in [3.63, 3.8) is 0 Å². The van der Waals surface area contributed by atoms with E-state index in [1.165, 1.54) is 33.6 Å². The predicted octanol–water partition coefficient (Wildman–Crippen LogP) is 7.58. The molecular formula is C34H34N4O2. The summed E-state index contributed by atoms with van der Waals surface area (Å²) in [6.07, 6.45) is 8.74. The van der Waals surface area contributed by atoms with Crippen LogP contribution in [-0.2, 0) is 14.1 Å². The highest BCUT2D eigenvalue weighted by Gasteiger charge is 2.24.